The Bertz CT molecular complexity index is 517. The average Bonchev–Trinajstić information content (AvgIpc) is 2.78. The number of amides is 1. The summed E-state index contributed by atoms with van der Waals surface area (Å²) in [6.45, 7) is 1.89. The number of carbonyl (C=O) groups excluding carboxylic acids is 1. The minimum absolute atomic E-state index is 0.0353. The van der Waals surface area contributed by atoms with Gasteiger partial charge in [0, 0.05) is 0 Å². The minimum atomic E-state index is -1.14. The maximum absolute atomic E-state index is 12.0. The van der Waals surface area contributed by atoms with E-state index in [1.807, 2.05) is 6.92 Å². The van der Waals surface area contributed by atoms with Crippen molar-refractivity contribution in [2.75, 3.05) is 5.32 Å². The highest BCUT2D eigenvalue weighted by molar-refractivity contribution is 6.34. The van der Waals surface area contributed by atoms with Crippen LogP contribution >= 0.6 is 11.6 Å². The molecule has 1 aliphatic rings. The summed E-state index contributed by atoms with van der Waals surface area (Å²) in [6, 6.07) is 4.44. The van der Waals surface area contributed by atoms with Crippen molar-refractivity contribution in [2.24, 2.45) is 0 Å². The van der Waals surface area contributed by atoms with Crippen LogP contribution in [0.1, 0.15) is 30.1 Å². The fraction of sp³-hybridized carbons (Fsp3) is 0.385. The molecule has 1 amide bonds. The Labute approximate surface area is 115 Å². The second-order valence-electron chi connectivity index (χ2n) is 4.47. The molecule has 2 unspecified atom stereocenters. The molecule has 1 heterocycles. The van der Waals surface area contributed by atoms with Crippen molar-refractivity contribution in [1.82, 2.24) is 0 Å². The molecule has 102 valence electrons. The molecule has 0 aliphatic carbocycles. The highest BCUT2D eigenvalue weighted by atomic mass is 35.5. The number of carboxylic acids is 1. The summed E-state index contributed by atoms with van der Waals surface area (Å²) >= 11 is 5.93. The molecule has 1 aliphatic heterocycles. The van der Waals surface area contributed by atoms with E-state index >= 15 is 0 Å². The predicted molar refractivity (Wildman–Crippen MR) is 70.6 cm³/mol. The second kappa shape index (κ2) is 5.59. The Hall–Kier alpha value is -1.59. The van der Waals surface area contributed by atoms with Gasteiger partial charge in [0.25, 0.3) is 5.91 Å². The highest BCUT2D eigenvalue weighted by Crippen LogP contribution is 2.28. The third-order valence-electron chi connectivity index (χ3n) is 3.02. The molecule has 6 heteroatoms. The third-order valence-corrected chi connectivity index (χ3v) is 3.33. The lowest BCUT2D eigenvalue weighted by Crippen LogP contribution is -2.28. The Balaban J connectivity index is 2.19. The molecular weight excluding hydrogens is 270 g/mol. The van der Waals surface area contributed by atoms with Crippen LogP contribution < -0.4 is 5.32 Å². The lowest BCUT2D eigenvalue weighted by molar-refractivity contribution is -0.126. The van der Waals surface area contributed by atoms with Crippen molar-refractivity contribution in [1.29, 1.82) is 0 Å². The van der Waals surface area contributed by atoms with E-state index in [1.54, 1.807) is 0 Å². The highest BCUT2D eigenvalue weighted by Gasteiger charge is 2.29. The van der Waals surface area contributed by atoms with Crippen molar-refractivity contribution < 1.29 is 19.4 Å². The molecule has 0 aromatic heterocycles. The van der Waals surface area contributed by atoms with Crippen LogP contribution in [-0.4, -0.2) is 29.2 Å². The summed E-state index contributed by atoms with van der Waals surface area (Å²) in [5.41, 5.74) is 0.0803. The van der Waals surface area contributed by atoms with Crippen molar-refractivity contribution >= 4 is 29.2 Å². The second-order valence-corrected chi connectivity index (χ2v) is 4.88. The van der Waals surface area contributed by atoms with Crippen LogP contribution in [0.5, 0.6) is 0 Å². The van der Waals surface area contributed by atoms with Gasteiger partial charge in [0.15, 0.2) is 0 Å². The molecule has 2 rings (SSSR count). The molecule has 1 saturated heterocycles. The van der Waals surface area contributed by atoms with Crippen LogP contribution in [0, 0.1) is 0 Å². The lowest BCUT2D eigenvalue weighted by atomic mass is 10.1. The number of anilines is 1. The van der Waals surface area contributed by atoms with Gasteiger partial charge in [-0.15, -0.1) is 0 Å². The van der Waals surface area contributed by atoms with Gasteiger partial charge >= 0.3 is 5.97 Å². The van der Waals surface area contributed by atoms with Crippen molar-refractivity contribution in [2.45, 2.75) is 32.0 Å². The van der Waals surface area contributed by atoms with E-state index in [1.165, 1.54) is 18.2 Å². The van der Waals surface area contributed by atoms with E-state index in [-0.39, 0.29) is 28.3 Å². The summed E-state index contributed by atoms with van der Waals surface area (Å²) in [5, 5.41) is 11.8. The number of carboxylic acid groups (broad SMARTS) is 1. The van der Waals surface area contributed by atoms with Crippen molar-refractivity contribution in [3.8, 4) is 0 Å². The first-order valence-electron chi connectivity index (χ1n) is 5.97. The number of aromatic carboxylic acids is 1. The van der Waals surface area contributed by atoms with Gasteiger partial charge < -0.3 is 15.2 Å². The number of carbonyl (C=O) groups is 2. The van der Waals surface area contributed by atoms with Crippen LogP contribution in [0.4, 0.5) is 5.69 Å². The zero-order chi connectivity index (χ0) is 14.0. The monoisotopic (exact) mass is 283 g/mol. The van der Waals surface area contributed by atoms with Crippen molar-refractivity contribution in [3.05, 3.63) is 28.8 Å². The molecule has 1 fully saturated rings. The Morgan fingerprint density at radius 3 is 2.74 bits per heavy atom. The van der Waals surface area contributed by atoms with Gasteiger partial charge in [0.2, 0.25) is 0 Å². The topological polar surface area (TPSA) is 75.6 Å². The van der Waals surface area contributed by atoms with E-state index < -0.39 is 12.1 Å². The normalized spacial score (nSPS) is 22.2. The quantitative estimate of drug-likeness (QED) is 0.894. The van der Waals surface area contributed by atoms with E-state index in [9.17, 15) is 9.59 Å². The molecule has 1 aromatic carbocycles. The first-order chi connectivity index (χ1) is 8.99. The fourth-order valence-electron chi connectivity index (χ4n) is 2.03. The third kappa shape index (κ3) is 3.05. The fourth-order valence-corrected chi connectivity index (χ4v) is 2.25. The Morgan fingerprint density at radius 2 is 2.16 bits per heavy atom. The van der Waals surface area contributed by atoms with Gasteiger partial charge in [0.1, 0.15) is 6.10 Å². The number of hydrogen-bond donors (Lipinski definition) is 2. The smallest absolute Gasteiger partial charge is 0.337 e. The first-order valence-corrected chi connectivity index (χ1v) is 6.35. The van der Waals surface area contributed by atoms with Gasteiger partial charge in [-0.1, -0.05) is 17.7 Å². The predicted octanol–water partition coefficient (Wildman–Crippen LogP) is 2.54. The molecule has 0 saturated carbocycles. The SMILES string of the molecule is CC1CCC(C(=O)Nc2c(Cl)cccc2C(=O)O)O1. The zero-order valence-electron chi connectivity index (χ0n) is 10.4. The van der Waals surface area contributed by atoms with E-state index in [2.05, 4.69) is 5.32 Å². The largest absolute Gasteiger partial charge is 0.478 e. The van der Waals surface area contributed by atoms with E-state index in [0.29, 0.717) is 6.42 Å². The minimum Gasteiger partial charge on any atom is -0.478 e. The van der Waals surface area contributed by atoms with Crippen LogP contribution in [0.15, 0.2) is 18.2 Å². The molecular formula is C13H14ClNO4. The maximum Gasteiger partial charge on any atom is 0.337 e. The number of nitrogens with one attached hydrogen (secondary N) is 1. The summed E-state index contributed by atoms with van der Waals surface area (Å²) < 4.78 is 5.43. The van der Waals surface area contributed by atoms with Crippen LogP contribution in [0.25, 0.3) is 0 Å². The average molecular weight is 284 g/mol. The molecule has 1 aromatic rings. The number of hydrogen-bond acceptors (Lipinski definition) is 3. The van der Waals surface area contributed by atoms with Crippen LogP contribution in [-0.2, 0) is 9.53 Å². The van der Waals surface area contributed by atoms with Crippen molar-refractivity contribution in [3.63, 3.8) is 0 Å². The number of halogens is 1. The summed E-state index contributed by atoms with van der Waals surface area (Å²) in [5.74, 6) is -1.50. The van der Waals surface area contributed by atoms with E-state index in [4.69, 9.17) is 21.4 Å². The Morgan fingerprint density at radius 1 is 1.42 bits per heavy atom. The summed E-state index contributed by atoms with van der Waals surface area (Å²) in [7, 11) is 0. The Kier molecular flexibility index (Phi) is 4.07. The molecule has 2 atom stereocenters. The number of para-hydroxylation sites is 1. The number of ether oxygens (including phenoxy) is 1. The molecule has 2 N–H and O–H groups in total. The summed E-state index contributed by atoms with van der Waals surface area (Å²) in [4.78, 5) is 23.1. The molecule has 0 spiro atoms. The van der Waals surface area contributed by atoms with Gasteiger partial charge in [-0.2, -0.15) is 0 Å². The van der Waals surface area contributed by atoms with Crippen LogP contribution in [0.2, 0.25) is 5.02 Å². The number of benzene rings is 1. The molecule has 5 nitrogen and oxygen atoms in total. The van der Waals surface area contributed by atoms with Gasteiger partial charge in [-0.05, 0) is 31.9 Å². The standard InChI is InChI=1S/C13H14ClNO4/c1-7-5-6-10(19-7)12(16)15-11-8(13(17)18)3-2-4-9(11)14/h2-4,7,10H,5-6H2,1H3,(H,15,16)(H,17,18). The van der Waals surface area contributed by atoms with Gasteiger partial charge in [0.05, 0.1) is 22.4 Å². The van der Waals surface area contributed by atoms with E-state index in [0.717, 1.165) is 6.42 Å². The maximum atomic E-state index is 12.0. The molecule has 0 bridgehead atoms. The number of rotatable bonds is 3. The van der Waals surface area contributed by atoms with Crippen LogP contribution in [0.3, 0.4) is 0 Å². The zero-order valence-corrected chi connectivity index (χ0v) is 11.1. The summed E-state index contributed by atoms with van der Waals surface area (Å²) in [6.07, 6.45) is 0.931. The molecule has 0 radical (unpaired) electrons. The van der Waals surface area contributed by atoms with Gasteiger partial charge in [-0.3, -0.25) is 4.79 Å². The molecule has 19 heavy (non-hydrogen) atoms. The van der Waals surface area contributed by atoms with Gasteiger partial charge in [-0.25, -0.2) is 4.79 Å². The first kappa shape index (κ1) is 13.8. The lowest BCUT2D eigenvalue weighted by Gasteiger charge is -2.14.